The fourth-order valence-corrected chi connectivity index (χ4v) is 7.25. The van der Waals surface area contributed by atoms with E-state index in [9.17, 15) is 53.1 Å². The van der Waals surface area contributed by atoms with Crippen LogP contribution in [-0.4, -0.2) is 79.7 Å². The standard InChI is InChI=1S/C31H29F3N2O8/c1-28-16(12-13-8-10-14(11-9-13)31(32,33)34)15-6-5-7-17(37)18(15)21(38)20(28)25(41)30(44)24(40)19(26(35)42)22(39)23(36(3)4)29(30,2)27(28)43/h5-12,23,27,37,39,41,43-44H,1-4H3,(H2,35,42)/b16-12+/t23-,27+,28-,29-,30-/m1/s1. The minimum Gasteiger partial charge on any atom is -0.510 e. The number of hydrogen-bond acceptors (Lipinski definition) is 9. The fraction of sp³-hybridized carbons (Fsp3) is 0.323. The summed E-state index contributed by atoms with van der Waals surface area (Å²) < 4.78 is 39.8. The summed E-state index contributed by atoms with van der Waals surface area (Å²) in [6.07, 6.45) is -5.28. The van der Waals surface area contributed by atoms with Gasteiger partial charge < -0.3 is 31.3 Å². The molecule has 0 spiro atoms. The molecule has 0 unspecified atom stereocenters. The maximum Gasteiger partial charge on any atom is 0.416 e. The highest BCUT2D eigenvalue weighted by molar-refractivity contribution is 6.26. The molecule has 0 saturated heterocycles. The molecule has 10 nitrogen and oxygen atoms in total. The topological polar surface area (TPSA) is 182 Å². The molecule has 0 heterocycles. The van der Waals surface area contributed by atoms with Crippen molar-refractivity contribution in [1.29, 1.82) is 0 Å². The first-order valence-corrected chi connectivity index (χ1v) is 13.3. The van der Waals surface area contributed by atoms with Gasteiger partial charge in [-0.2, -0.15) is 13.2 Å². The number of ketones is 2. The summed E-state index contributed by atoms with van der Waals surface area (Å²) in [7, 11) is 2.81. The zero-order valence-corrected chi connectivity index (χ0v) is 23.9. The van der Waals surface area contributed by atoms with Crippen molar-refractivity contribution in [3.8, 4) is 5.75 Å². The van der Waals surface area contributed by atoms with Crippen LogP contribution in [0.1, 0.15) is 40.9 Å². The molecule has 0 aliphatic heterocycles. The van der Waals surface area contributed by atoms with Gasteiger partial charge in [0.2, 0.25) is 5.78 Å². The summed E-state index contributed by atoms with van der Waals surface area (Å²) in [6.45, 7) is 2.51. The lowest BCUT2D eigenvalue weighted by Crippen LogP contribution is -2.76. The first-order chi connectivity index (χ1) is 20.3. The highest BCUT2D eigenvalue weighted by Crippen LogP contribution is 2.65. The number of hydrogen-bond donors (Lipinski definition) is 6. The van der Waals surface area contributed by atoms with Crippen LogP contribution in [0, 0.1) is 10.8 Å². The summed E-state index contributed by atoms with van der Waals surface area (Å²) in [4.78, 5) is 41.5. The summed E-state index contributed by atoms with van der Waals surface area (Å²) in [5, 5.41) is 58.2. The van der Waals surface area contributed by atoms with Gasteiger partial charge in [0.25, 0.3) is 5.91 Å². The number of primary amides is 1. The van der Waals surface area contributed by atoms with Gasteiger partial charge >= 0.3 is 6.18 Å². The average Bonchev–Trinajstić information content (AvgIpc) is 2.92. The molecule has 0 bridgehead atoms. The van der Waals surface area contributed by atoms with Gasteiger partial charge in [-0.3, -0.25) is 19.3 Å². The van der Waals surface area contributed by atoms with Crippen LogP contribution in [0.4, 0.5) is 13.2 Å². The highest BCUT2D eigenvalue weighted by Gasteiger charge is 2.76. The number of aromatic hydroxyl groups is 1. The number of nitrogens with two attached hydrogens (primary N) is 1. The van der Waals surface area contributed by atoms with Crippen molar-refractivity contribution >= 4 is 29.1 Å². The van der Waals surface area contributed by atoms with E-state index in [4.69, 9.17) is 5.73 Å². The van der Waals surface area contributed by atoms with Crippen LogP contribution in [0.3, 0.4) is 0 Å². The number of benzene rings is 2. The number of phenolic OH excluding ortho intramolecular Hbond substituents is 1. The van der Waals surface area contributed by atoms with Crippen LogP contribution in [0.15, 0.2) is 65.1 Å². The molecule has 3 aliphatic carbocycles. The fourth-order valence-electron chi connectivity index (χ4n) is 7.25. The largest absolute Gasteiger partial charge is 0.510 e. The van der Waals surface area contributed by atoms with E-state index >= 15 is 0 Å². The van der Waals surface area contributed by atoms with E-state index in [1.54, 1.807) is 0 Å². The molecule has 5 rings (SSSR count). The van der Waals surface area contributed by atoms with Crippen molar-refractivity contribution in [3.63, 3.8) is 0 Å². The van der Waals surface area contributed by atoms with Gasteiger partial charge in [0, 0.05) is 0 Å². The summed E-state index contributed by atoms with van der Waals surface area (Å²) in [6, 6.07) is 6.40. The Morgan fingerprint density at radius 1 is 1.02 bits per heavy atom. The van der Waals surface area contributed by atoms with E-state index < -0.39 is 86.2 Å². The zero-order valence-electron chi connectivity index (χ0n) is 23.9. The van der Waals surface area contributed by atoms with E-state index in [0.29, 0.717) is 0 Å². The van der Waals surface area contributed by atoms with Gasteiger partial charge in [-0.05, 0) is 55.9 Å². The van der Waals surface area contributed by atoms with Gasteiger partial charge in [0.1, 0.15) is 22.8 Å². The maximum atomic E-state index is 14.1. The van der Waals surface area contributed by atoms with Crippen LogP contribution < -0.4 is 5.73 Å². The molecule has 2 aromatic rings. The van der Waals surface area contributed by atoms with E-state index in [-0.39, 0.29) is 22.3 Å². The Morgan fingerprint density at radius 3 is 2.14 bits per heavy atom. The lowest BCUT2D eigenvalue weighted by Gasteiger charge is -2.62. The quantitative estimate of drug-likeness (QED) is 0.283. The van der Waals surface area contributed by atoms with E-state index in [0.717, 1.165) is 24.3 Å². The third kappa shape index (κ3) is 3.69. The second-order valence-electron chi connectivity index (χ2n) is 11.8. The number of alkyl halides is 3. The van der Waals surface area contributed by atoms with Gasteiger partial charge in [0.05, 0.1) is 39.7 Å². The van der Waals surface area contributed by atoms with E-state index in [2.05, 4.69) is 0 Å². The maximum absolute atomic E-state index is 14.1. The van der Waals surface area contributed by atoms with Crippen molar-refractivity contribution in [2.75, 3.05) is 14.1 Å². The lowest BCUT2D eigenvalue weighted by molar-refractivity contribution is -0.198. The normalized spacial score (nSPS) is 31.3. The van der Waals surface area contributed by atoms with Crippen molar-refractivity contribution in [2.24, 2.45) is 16.6 Å². The predicted octanol–water partition coefficient (Wildman–Crippen LogP) is 2.89. The summed E-state index contributed by atoms with van der Waals surface area (Å²) >= 11 is 0. The molecule has 0 saturated carbocycles. The second kappa shape index (κ2) is 9.52. The molecule has 232 valence electrons. The molecule has 3 aliphatic rings. The monoisotopic (exact) mass is 614 g/mol. The number of nitrogens with zero attached hydrogens (tertiary/aromatic N) is 1. The Bertz CT molecular complexity index is 1740. The Kier molecular flexibility index (Phi) is 6.70. The molecule has 5 atom stereocenters. The number of rotatable bonds is 3. The molecule has 0 aromatic heterocycles. The van der Waals surface area contributed by atoms with Crippen molar-refractivity contribution in [1.82, 2.24) is 4.90 Å². The van der Waals surface area contributed by atoms with Gasteiger partial charge in [0.15, 0.2) is 11.4 Å². The Hall–Kier alpha value is -4.46. The number of amides is 1. The molecule has 7 N–H and O–H groups in total. The molecule has 44 heavy (non-hydrogen) atoms. The zero-order chi connectivity index (χ0) is 32.9. The average molecular weight is 615 g/mol. The molecular weight excluding hydrogens is 585 g/mol. The third-order valence-electron chi connectivity index (χ3n) is 9.29. The summed E-state index contributed by atoms with van der Waals surface area (Å²) in [5.74, 6) is -6.74. The number of likely N-dealkylation sites (N-methyl/N-ethyl adjacent to an activating group) is 1. The van der Waals surface area contributed by atoms with Gasteiger partial charge in [-0.15, -0.1) is 0 Å². The molecule has 0 radical (unpaired) electrons. The number of carbonyl (C=O) groups excluding carboxylic acids is 3. The minimum absolute atomic E-state index is 0.0363. The van der Waals surface area contributed by atoms with Crippen LogP contribution in [0.25, 0.3) is 11.6 Å². The van der Waals surface area contributed by atoms with Crippen LogP contribution >= 0.6 is 0 Å². The van der Waals surface area contributed by atoms with Crippen LogP contribution in [0.5, 0.6) is 5.75 Å². The molecule has 2 aromatic carbocycles. The molecule has 0 fully saturated rings. The minimum atomic E-state index is -4.62. The molecule has 1 amide bonds. The van der Waals surface area contributed by atoms with Crippen molar-refractivity contribution in [3.05, 3.63) is 87.4 Å². The Labute approximate surface area is 248 Å². The van der Waals surface area contributed by atoms with E-state index in [1.807, 2.05) is 0 Å². The summed E-state index contributed by atoms with van der Waals surface area (Å²) in [5.41, 5.74) is -4.89. The number of halogens is 3. The number of aliphatic hydroxyl groups is 4. The lowest BCUT2D eigenvalue weighted by atomic mass is 9.44. The first-order valence-electron chi connectivity index (χ1n) is 13.3. The first kappa shape index (κ1) is 31.0. The number of carbonyl (C=O) groups is 3. The number of Topliss-reactive ketones (excluding diaryl/α,β-unsaturated/α-hetero) is 2. The third-order valence-corrected chi connectivity index (χ3v) is 9.29. The Balaban J connectivity index is 1.91. The van der Waals surface area contributed by atoms with Gasteiger partial charge in [-0.25, -0.2) is 0 Å². The van der Waals surface area contributed by atoms with Crippen LogP contribution in [0.2, 0.25) is 0 Å². The number of aliphatic hydroxyl groups excluding tert-OH is 3. The molecular formula is C31H29F3N2O8. The second-order valence-corrected chi connectivity index (χ2v) is 11.8. The van der Waals surface area contributed by atoms with E-state index in [1.165, 1.54) is 57.1 Å². The van der Waals surface area contributed by atoms with Crippen LogP contribution in [-0.2, 0) is 15.8 Å². The number of fused-ring (bicyclic) bond motifs is 3. The Morgan fingerprint density at radius 2 is 1.61 bits per heavy atom. The highest BCUT2D eigenvalue weighted by atomic mass is 19.4. The van der Waals surface area contributed by atoms with Gasteiger partial charge in [-0.1, -0.05) is 37.3 Å². The van der Waals surface area contributed by atoms with Crippen molar-refractivity contribution in [2.45, 2.75) is 37.8 Å². The molecule has 13 heteroatoms. The SMILES string of the molecule is CN(C)[C@@H]1C(O)=C(C(N)=O)C(=O)[C@@]2(O)C(O)=C3C(=O)c4c(O)cccc4/C(=C\c4ccc(C(F)(F)F)cc4)[C@@]3(C)[C@H](O)[C@@]12C. The van der Waals surface area contributed by atoms with Crippen molar-refractivity contribution < 1.29 is 53.1 Å². The predicted molar refractivity (Wildman–Crippen MR) is 150 cm³/mol. The number of phenols is 1. The smallest absolute Gasteiger partial charge is 0.416 e.